The third-order valence-electron chi connectivity index (χ3n) is 2.93. The summed E-state index contributed by atoms with van der Waals surface area (Å²) in [5.74, 6) is 0.475. The summed E-state index contributed by atoms with van der Waals surface area (Å²) in [4.78, 5) is -0.276. The summed E-state index contributed by atoms with van der Waals surface area (Å²) >= 11 is 6.00. The zero-order valence-corrected chi connectivity index (χ0v) is 13.2. The van der Waals surface area contributed by atoms with Crippen LogP contribution in [0, 0.1) is 11.3 Å². The van der Waals surface area contributed by atoms with E-state index >= 15 is 0 Å². The summed E-state index contributed by atoms with van der Waals surface area (Å²) in [6.45, 7) is 0. The SMILES string of the molecule is COc1ccc(/C=C(/C#N)S(=O)(=O)c2ccccc2)cc1Cl. The van der Waals surface area contributed by atoms with E-state index in [0.29, 0.717) is 16.3 Å². The first-order valence-corrected chi connectivity index (χ1v) is 8.10. The highest BCUT2D eigenvalue weighted by atomic mass is 35.5. The highest BCUT2D eigenvalue weighted by Crippen LogP contribution is 2.27. The molecule has 6 heteroatoms. The van der Waals surface area contributed by atoms with Crippen molar-refractivity contribution in [2.75, 3.05) is 7.11 Å². The molecule has 0 fully saturated rings. The Labute approximate surface area is 134 Å². The molecule has 0 bridgehead atoms. The van der Waals surface area contributed by atoms with Crippen LogP contribution in [-0.4, -0.2) is 15.5 Å². The first-order valence-electron chi connectivity index (χ1n) is 6.24. The first kappa shape index (κ1) is 16.1. The summed E-state index contributed by atoms with van der Waals surface area (Å²) in [5.41, 5.74) is 0.502. The molecule has 0 aliphatic rings. The Kier molecular flexibility index (Phi) is 4.86. The van der Waals surface area contributed by atoms with E-state index in [9.17, 15) is 13.7 Å². The minimum Gasteiger partial charge on any atom is -0.495 e. The van der Waals surface area contributed by atoms with Crippen LogP contribution in [0.5, 0.6) is 5.75 Å². The molecule has 0 aromatic heterocycles. The normalized spacial score (nSPS) is 11.8. The van der Waals surface area contributed by atoms with Crippen LogP contribution in [0.15, 0.2) is 58.3 Å². The third-order valence-corrected chi connectivity index (χ3v) is 4.90. The molecule has 0 aliphatic carbocycles. The number of methoxy groups -OCH3 is 1. The number of benzene rings is 2. The molecule has 0 atom stereocenters. The Morgan fingerprint density at radius 3 is 2.45 bits per heavy atom. The summed E-state index contributed by atoms with van der Waals surface area (Å²) < 4.78 is 29.9. The average Bonchev–Trinajstić information content (AvgIpc) is 2.53. The number of halogens is 1. The number of sulfone groups is 1. The Balaban J connectivity index is 2.49. The minimum atomic E-state index is -3.85. The second kappa shape index (κ2) is 6.65. The van der Waals surface area contributed by atoms with E-state index in [0.717, 1.165) is 0 Å². The molecule has 4 nitrogen and oxygen atoms in total. The highest BCUT2D eigenvalue weighted by Gasteiger charge is 2.20. The zero-order chi connectivity index (χ0) is 16.2. The first-order chi connectivity index (χ1) is 10.5. The summed E-state index contributed by atoms with van der Waals surface area (Å²) in [6, 6.07) is 14.3. The molecule has 0 amide bonds. The van der Waals surface area contributed by atoms with Gasteiger partial charge in [0.15, 0.2) is 0 Å². The lowest BCUT2D eigenvalue weighted by atomic mass is 10.2. The van der Waals surface area contributed by atoms with Crippen LogP contribution < -0.4 is 4.74 Å². The lowest BCUT2D eigenvalue weighted by Crippen LogP contribution is -2.03. The monoisotopic (exact) mass is 333 g/mol. The smallest absolute Gasteiger partial charge is 0.216 e. The van der Waals surface area contributed by atoms with E-state index in [4.69, 9.17) is 16.3 Å². The van der Waals surface area contributed by atoms with Crippen LogP contribution in [-0.2, 0) is 9.84 Å². The fourth-order valence-electron chi connectivity index (χ4n) is 1.82. The molecule has 0 N–H and O–H groups in total. The Morgan fingerprint density at radius 1 is 1.23 bits per heavy atom. The van der Waals surface area contributed by atoms with Gasteiger partial charge in [-0.25, -0.2) is 8.42 Å². The van der Waals surface area contributed by atoms with Crippen LogP contribution in [0.25, 0.3) is 6.08 Å². The molecule has 0 saturated heterocycles. The van der Waals surface area contributed by atoms with Gasteiger partial charge in [0.1, 0.15) is 16.7 Å². The number of allylic oxidation sites excluding steroid dienone is 1. The summed E-state index contributed by atoms with van der Waals surface area (Å²) in [6.07, 6.45) is 1.29. The van der Waals surface area contributed by atoms with Crippen molar-refractivity contribution >= 4 is 27.5 Å². The summed E-state index contributed by atoms with van der Waals surface area (Å²) in [7, 11) is -2.37. The topological polar surface area (TPSA) is 67.2 Å². The van der Waals surface area contributed by atoms with Crippen molar-refractivity contribution in [3.63, 3.8) is 0 Å². The van der Waals surface area contributed by atoms with Crippen molar-refractivity contribution < 1.29 is 13.2 Å². The van der Waals surface area contributed by atoms with Crippen molar-refractivity contribution in [1.82, 2.24) is 0 Å². The Morgan fingerprint density at radius 2 is 1.91 bits per heavy atom. The van der Waals surface area contributed by atoms with Crippen molar-refractivity contribution in [3.05, 3.63) is 64.0 Å². The molecule has 0 radical (unpaired) electrons. The van der Waals surface area contributed by atoms with Crippen LogP contribution in [0.4, 0.5) is 0 Å². The van der Waals surface area contributed by atoms with Gasteiger partial charge in [0.25, 0.3) is 0 Å². The van der Waals surface area contributed by atoms with Crippen molar-refractivity contribution in [2.24, 2.45) is 0 Å². The van der Waals surface area contributed by atoms with Gasteiger partial charge in [0.05, 0.1) is 17.0 Å². The molecule has 0 spiro atoms. The highest BCUT2D eigenvalue weighted by molar-refractivity contribution is 7.95. The number of hydrogen-bond donors (Lipinski definition) is 0. The molecular formula is C16H12ClNO3S. The van der Waals surface area contributed by atoms with E-state index < -0.39 is 9.84 Å². The molecule has 22 heavy (non-hydrogen) atoms. The lowest BCUT2D eigenvalue weighted by molar-refractivity contribution is 0.415. The zero-order valence-electron chi connectivity index (χ0n) is 11.7. The maximum Gasteiger partial charge on any atom is 0.216 e. The maximum atomic E-state index is 12.4. The fourth-order valence-corrected chi connectivity index (χ4v) is 3.27. The van der Waals surface area contributed by atoms with Crippen molar-refractivity contribution in [1.29, 1.82) is 5.26 Å². The van der Waals surface area contributed by atoms with Gasteiger partial charge >= 0.3 is 0 Å². The molecule has 2 rings (SSSR count). The van der Waals surface area contributed by atoms with Crippen LogP contribution in [0.1, 0.15) is 5.56 Å². The molecule has 0 saturated carbocycles. The predicted molar refractivity (Wildman–Crippen MR) is 85.2 cm³/mol. The van der Waals surface area contributed by atoms with Gasteiger partial charge in [-0.3, -0.25) is 0 Å². The standard InChI is InChI=1S/C16H12ClNO3S/c1-21-16-8-7-12(10-15(16)17)9-14(11-18)22(19,20)13-5-3-2-4-6-13/h2-10H,1H3/b14-9-. The van der Waals surface area contributed by atoms with Gasteiger partial charge in [-0.1, -0.05) is 35.9 Å². The molecule has 0 unspecified atom stereocenters. The molecule has 0 heterocycles. The Hall–Kier alpha value is -2.29. The van der Waals surface area contributed by atoms with E-state index in [2.05, 4.69) is 0 Å². The lowest BCUT2D eigenvalue weighted by Gasteiger charge is -2.05. The fraction of sp³-hybridized carbons (Fsp3) is 0.0625. The second-order valence-corrected chi connectivity index (χ2v) is 6.66. The Bertz CT molecular complexity index is 853. The number of nitrogens with zero attached hydrogens (tertiary/aromatic N) is 1. The van der Waals surface area contributed by atoms with Gasteiger partial charge in [0, 0.05) is 0 Å². The van der Waals surface area contributed by atoms with E-state index in [1.54, 1.807) is 36.4 Å². The molecule has 112 valence electrons. The van der Waals surface area contributed by atoms with Gasteiger partial charge < -0.3 is 4.74 Å². The number of nitriles is 1. The van der Waals surface area contributed by atoms with Crippen molar-refractivity contribution in [3.8, 4) is 11.8 Å². The van der Waals surface area contributed by atoms with E-state index in [-0.39, 0.29) is 9.80 Å². The third kappa shape index (κ3) is 3.30. The van der Waals surface area contributed by atoms with E-state index in [1.807, 2.05) is 0 Å². The quantitative estimate of drug-likeness (QED) is 0.800. The molecular weight excluding hydrogens is 322 g/mol. The molecule has 2 aromatic rings. The predicted octanol–water partition coefficient (Wildman–Crippen LogP) is 3.69. The van der Waals surface area contributed by atoms with Crippen LogP contribution in [0.3, 0.4) is 0 Å². The van der Waals surface area contributed by atoms with E-state index in [1.165, 1.54) is 31.4 Å². The van der Waals surface area contributed by atoms with Crippen LogP contribution >= 0.6 is 11.6 Å². The number of ether oxygens (including phenoxy) is 1. The largest absolute Gasteiger partial charge is 0.495 e. The van der Waals surface area contributed by atoms with Gasteiger partial charge in [-0.05, 0) is 35.9 Å². The second-order valence-electron chi connectivity index (χ2n) is 4.33. The summed E-state index contributed by atoms with van der Waals surface area (Å²) in [5, 5.41) is 9.54. The average molecular weight is 334 g/mol. The number of rotatable bonds is 4. The van der Waals surface area contributed by atoms with Gasteiger partial charge in [-0.15, -0.1) is 0 Å². The molecule has 0 aliphatic heterocycles. The number of hydrogen-bond acceptors (Lipinski definition) is 4. The van der Waals surface area contributed by atoms with Gasteiger partial charge in [0.2, 0.25) is 9.84 Å². The molecule has 2 aromatic carbocycles. The minimum absolute atomic E-state index is 0.0717. The van der Waals surface area contributed by atoms with Gasteiger partial charge in [-0.2, -0.15) is 5.26 Å². The van der Waals surface area contributed by atoms with Crippen LogP contribution in [0.2, 0.25) is 5.02 Å². The maximum absolute atomic E-state index is 12.4. The van der Waals surface area contributed by atoms with Crippen molar-refractivity contribution in [2.45, 2.75) is 4.90 Å².